The number of pyridine rings is 1. The van der Waals surface area contributed by atoms with Gasteiger partial charge >= 0.3 is 5.97 Å². The third-order valence-corrected chi connectivity index (χ3v) is 8.18. The molecule has 4 rings (SSSR count). The number of thioether (sulfide) groups is 1. The van der Waals surface area contributed by atoms with Crippen LogP contribution in [0.4, 0.5) is 0 Å². The Morgan fingerprint density at radius 1 is 1.03 bits per heavy atom. The van der Waals surface area contributed by atoms with E-state index in [2.05, 4.69) is 30.3 Å². The summed E-state index contributed by atoms with van der Waals surface area (Å²) in [5.74, 6) is -0.0473. The Balaban J connectivity index is 1.49. The van der Waals surface area contributed by atoms with Crippen molar-refractivity contribution in [1.29, 1.82) is 0 Å². The maximum atomic E-state index is 11.6. The average molecular weight is 560 g/mol. The predicted molar refractivity (Wildman–Crippen MR) is 165 cm³/mol. The molecule has 0 aliphatic heterocycles. The van der Waals surface area contributed by atoms with Gasteiger partial charge in [-0.25, -0.2) is 9.78 Å². The molecule has 4 aromatic rings. The van der Waals surface area contributed by atoms with Crippen LogP contribution >= 0.6 is 23.4 Å². The molecule has 0 saturated carbocycles. The lowest BCUT2D eigenvalue weighted by Crippen LogP contribution is -2.19. The van der Waals surface area contributed by atoms with E-state index in [4.69, 9.17) is 16.6 Å². The molecule has 0 aliphatic carbocycles. The number of hydrogen-bond acceptors (Lipinski definition) is 4. The van der Waals surface area contributed by atoms with Crippen molar-refractivity contribution >= 4 is 52.4 Å². The average Bonchev–Trinajstić information content (AvgIpc) is 2.90. The van der Waals surface area contributed by atoms with Crippen molar-refractivity contribution in [3.63, 3.8) is 0 Å². The molecule has 0 aliphatic rings. The molecule has 0 bridgehead atoms. The summed E-state index contributed by atoms with van der Waals surface area (Å²) in [6.07, 6.45) is 7.27. The van der Waals surface area contributed by atoms with Crippen molar-refractivity contribution in [2.24, 2.45) is 0 Å². The number of carboxylic acids is 1. The zero-order valence-corrected chi connectivity index (χ0v) is 23.9. The highest BCUT2D eigenvalue weighted by molar-refractivity contribution is 7.99. The van der Waals surface area contributed by atoms with Gasteiger partial charge in [-0.2, -0.15) is 11.8 Å². The molecular formula is C33H34ClNO3S. The van der Waals surface area contributed by atoms with E-state index < -0.39 is 11.6 Å². The zero-order chi connectivity index (χ0) is 27.8. The van der Waals surface area contributed by atoms with Crippen LogP contribution in [0.15, 0.2) is 78.9 Å². The quantitative estimate of drug-likeness (QED) is 0.181. The number of aromatic nitrogens is 1. The Hall–Kier alpha value is -3.12. The smallest absolute Gasteiger partial charge is 0.335 e. The summed E-state index contributed by atoms with van der Waals surface area (Å²) in [6.45, 7) is 3.68. The van der Waals surface area contributed by atoms with E-state index in [1.807, 2.05) is 74.1 Å². The van der Waals surface area contributed by atoms with E-state index in [-0.39, 0.29) is 5.25 Å². The molecule has 0 fully saturated rings. The molecule has 1 atom stereocenters. The topological polar surface area (TPSA) is 70.4 Å². The summed E-state index contributed by atoms with van der Waals surface area (Å²) in [6, 6.07) is 25.5. The lowest BCUT2D eigenvalue weighted by molar-refractivity contribution is 0.0695. The maximum absolute atomic E-state index is 11.6. The minimum absolute atomic E-state index is 0.235. The van der Waals surface area contributed by atoms with Crippen molar-refractivity contribution in [3.8, 4) is 0 Å². The predicted octanol–water partition coefficient (Wildman–Crippen LogP) is 8.72. The van der Waals surface area contributed by atoms with Crippen molar-refractivity contribution in [2.45, 2.75) is 50.4 Å². The molecule has 1 aromatic heterocycles. The number of carbonyl (C=O) groups is 1. The van der Waals surface area contributed by atoms with Gasteiger partial charge in [-0.3, -0.25) is 0 Å². The highest BCUT2D eigenvalue weighted by Gasteiger charge is 2.17. The van der Waals surface area contributed by atoms with E-state index in [0.717, 1.165) is 46.3 Å². The van der Waals surface area contributed by atoms with Gasteiger partial charge in [-0.15, -0.1) is 0 Å². The standard InChI is InChI=1S/C33H34ClNO3S/c1-33(2,38)19-20-39-31(12-6-9-24-8-3-4-11-29(24)32(36)37)26-10-5-7-23(21-26)13-17-28-18-15-25-14-16-27(34)22-30(25)35-28/h3-5,7-8,10-11,13-18,21-22,31,38H,6,9,12,19-20H2,1-2H3,(H,36,37). The molecule has 6 heteroatoms. The largest absolute Gasteiger partial charge is 0.478 e. The Kier molecular flexibility index (Phi) is 9.84. The van der Waals surface area contributed by atoms with Crippen LogP contribution in [0.1, 0.15) is 71.1 Å². The van der Waals surface area contributed by atoms with E-state index in [1.54, 1.807) is 12.1 Å². The first-order chi connectivity index (χ1) is 18.7. The van der Waals surface area contributed by atoms with Gasteiger partial charge in [0.25, 0.3) is 0 Å². The van der Waals surface area contributed by atoms with Gasteiger partial charge in [-0.1, -0.05) is 72.3 Å². The van der Waals surface area contributed by atoms with Crippen molar-refractivity contribution < 1.29 is 15.0 Å². The molecule has 0 spiro atoms. The number of benzene rings is 3. The van der Waals surface area contributed by atoms with Crippen molar-refractivity contribution in [2.75, 3.05) is 5.75 Å². The summed E-state index contributed by atoms with van der Waals surface area (Å²) in [7, 11) is 0. The van der Waals surface area contributed by atoms with Gasteiger partial charge in [-0.05, 0) is 92.3 Å². The zero-order valence-electron chi connectivity index (χ0n) is 22.3. The van der Waals surface area contributed by atoms with E-state index in [1.165, 1.54) is 5.56 Å². The molecule has 3 aromatic carbocycles. The number of fused-ring (bicyclic) bond motifs is 1. The number of carboxylic acid groups (broad SMARTS) is 1. The molecular weight excluding hydrogens is 526 g/mol. The molecule has 0 saturated heterocycles. The molecule has 4 nitrogen and oxygen atoms in total. The maximum Gasteiger partial charge on any atom is 0.335 e. The van der Waals surface area contributed by atoms with Crippen LogP contribution in [0.3, 0.4) is 0 Å². The monoisotopic (exact) mass is 559 g/mol. The normalized spacial score (nSPS) is 12.7. The fraction of sp³-hybridized carbons (Fsp3) is 0.273. The van der Waals surface area contributed by atoms with E-state index >= 15 is 0 Å². The number of nitrogens with zero attached hydrogens (tertiary/aromatic N) is 1. The van der Waals surface area contributed by atoms with Gasteiger partial charge in [0.05, 0.1) is 22.4 Å². The van der Waals surface area contributed by atoms with Crippen LogP contribution in [0, 0.1) is 0 Å². The van der Waals surface area contributed by atoms with Gasteiger partial charge in [0.15, 0.2) is 0 Å². The number of aryl methyl sites for hydroxylation is 1. The highest BCUT2D eigenvalue weighted by atomic mass is 35.5. The Morgan fingerprint density at radius 3 is 2.62 bits per heavy atom. The first-order valence-corrected chi connectivity index (χ1v) is 14.6. The van der Waals surface area contributed by atoms with Crippen LogP contribution in [-0.4, -0.2) is 32.5 Å². The van der Waals surface area contributed by atoms with Crippen LogP contribution in [-0.2, 0) is 6.42 Å². The molecule has 1 heterocycles. The van der Waals surface area contributed by atoms with Crippen LogP contribution in [0.2, 0.25) is 5.02 Å². The van der Waals surface area contributed by atoms with Gasteiger partial charge in [0, 0.05) is 15.7 Å². The molecule has 0 radical (unpaired) electrons. The number of hydrogen-bond donors (Lipinski definition) is 2. The number of rotatable bonds is 12. The van der Waals surface area contributed by atoms with Gasteiger partial charge in [0.2, 0.25) is 0 Å². The van der Waals surface area contributed by atoms with Crippen LogP contribution in [0.25, 0.3) is 23.1 Å². The van der Waals surface area contributed by atoms with Crippen LogP contribution in [0.5, 0.6) is 0 Å². The SMILES string of the molecule is CC(C)(O)CCSC(CCCc1ccccc1C(=O)O)c1cccc(C=Cc2ccc3ccc(Cl)cc3n2)c1. The lowest BCUT2D eigenvalue weighted by Gasteiger charge is -2.21. The first-order valence-electron chi connectivity index (χ1n) is 13.2. The summed E-state index contributed by atoms with van der Waals surface area (Å²) >= 11 is 7.99. The third-order valence-electron chi connectivity index (χ3n) is 6.60. The summed E-state index contributed by atoms with van der Waals surface area (Å²) in [5, 5.41) is 21.7. The van der Waals surface area contributed by atoms with E-state index in [0.29, 0.717) is 23.4 Å². The molecule has 0 amide bonds. The highest BCUT2D eigenvalue weighted by Crippen LogP contribution is 2.36. The minimum Gasteiger partial charge on any atom is -0.478 e. The molecule has 2 N–H and O–H groups in total. The minimum atomic E-state index is -0.884. The second kappa shape index (κ2) is 13.3. The Labute approximate surface area is 239 Å². The molecule has 39 heavy (non-hydrogen) atoms. The van der Waals surface area contributed by atoms with E-state index in [9.17, 15) is 15.0 Å². The Morgan fingerprint density at radius 2 is 1.82 bits per heavy atom. The fourth-order valence-electron chi connectivity index (χ4n) is 4.47. The lowest BCUT2D eigenvalue weighted by atomic mass is 9.99. The summed E-state index contributed by atoms with van der Waals surface area (Å²) in [5.41, 5.74) is 4.58. The Bertz CT molecular complexity index is 1460. The fourth-order valence-corrected chi connectivity index (χ4v) is 6.21. The number of halogens is 1. The first kappa shape index (κ1) is 28.9. The third kappa shape index (κ3) is 8.69. The summed E-state index contributed by atoms with van der Waals surface area (Å²) in [4.78, 5) is 16.3. The van der Waals surface area contributed by atoms with Gasteiger partial charge < -0.3 is 10.2 Å². The second-order valence-electron chi connectivity index (χ2n) is 10.4. The summed E-state index contributed by atoms with van der Waals surface area (Å²) < 4.78 is 0. The van der Waals surface area contributed by atoms with Crippen molar-refractivity contribution in [1.82, 2.24) is 4.98 Å². The molecule has 202 valence electrons. The molecule has 1 unspecified atom stereocenters. The van der Waals surface area contributed by atoms with Crippen LogP contribution < -0.4 is 0 Å². The number of aromatic carboxylic acids is 1. The number of aliphatic hydroxyl groups is 1. The second-order valence-corrected chi connectivity index (χ2v) is 12.1. The van der Waals surface area contributed by atoms with Gasteiger partial charge in [0.1, 0.15) is 0 Å². The van der Waals surface area contributed by atoms with Crippen molar-refractivity contribution in [3.05, 3.63) is 112 Å².